The van der Waals surface area contributed by atoms with Crippen LogP contribution in [0.3, 0.4) is 0 Å². The van der Waals surface area contributed by atoms with Crippen LogP contribution in [0.2, 0.25) is 10.0 Å². The maximum Gasteiger partial charge on any atom is 0.230 e. The average Bonchev–Trinajstić information content (AvgIpc) is 2.99. The minimum Gasteiger partial charge on any atom is -0.302 e. The second-order valence-corrected chi connectivity index (χ2v) is 6.57. The number of carbonyl (C=O) groups is 1. The Morgan fingerprint density at radius 2 is 1.91 bits per heavy atom. The largest absolute Gasteiger partial charge is 0.302 e. The smallest absolute Gasteiger partial charge is 0.230 e. The van der Waals surface area contributed by atoms with Crippen molar-refractivity contribution in [3.63, 3.8) is 0 Å². The van der Waals surface area contributed by atoms with E-state index in [0.29, 0.717) is 15.2 Å². The van der Waals surface area contributed by atoms with Crippen LogP contribution >= 0.6 is 34.5 Å². The van der Waals surface area contributed by atoms with Crippen molar-refractivity contribution in [3.05, 3.63) is 69.5 Å². The van der Waals surface area contributed by atoms with Crippen LogP contribution < -0.4 is 5.32 Å². The van der Waals surface area contributed by atoms with Gasteiger partial charge in [0.2, 0.25) is 5.91 Å². The van der Waals surface area contributed by atoms with Crippen molar-refractivity contribution in [2.45, 2.75) is 6.42 Å². The molecule has 0 aliphatic heterocycles. The van der Waals surface area contributed by atoms with E-state index in [4.69, 9.17) is 23.2 Å². The molecule has 1 aromatic heterocycles. The third-order valence-electron chi connectivity index (χ3n) is 3.19. The SMILES string of the molecule is O=C(Cc1ccc(Cl)cc1Cl)Nc1nc(-c2ccccc2)cs1. The first-order chi connectivity index (χ1) is 11.1. The van der Waals surface area contributed by atoms with Crippen molar-refractivity contribution >= 4 is 45.6 Å². The van der Waals surface area contributed by atoms with Crippen molar-refractivity contribution < 1.29 is 4.79 Å². The van der Waals surface area contributed by atoms with Crippen LogP contribution in [-0.2, 0) is 11.2 Å². The van der Waals surface area contributed by atoms with Crippen molar-refractivity contribution in [1.29, 1.82) is 0 Å². The number of nitrogens with zero attached hydrogens (tertiary/aromatic N) is 1. The molecule has 1 N–H and O–H groups in total. The number of halogens is 2. The molecule has 0 aliphatic rings. The fourth-order valence-corrected chi connectivity index (χ4v) is 3.29. The molecule has 0 unspecified atom stereocenters. The summed E-state index contributed by atoms with van der Waals surface area (Å²) in [5, 5.41) is 6.32. The van der Waals surface area contributed by atoms with Gasteiger partial charge in [-0.3, -0.25) is 4.79 Å². The summed E-state index contributed by atoms with van der Waals surface area (Å²) in [5.74, 6) is -0.164. The fraction of sp³-hybridized carbons (Fsp3) is 0.0588. The van der Waals surface area contributed by atoms with Crippen LogP contribution in [0, 0.1) is 0 Å². The van der Waals surface area contributed by atoms with E-state index in [1.165, 1.54) is 11.3 Å². The predicted molar refractivity (Wildman–Crippen MR) is 96.3 cm³/mol. The lowest BCUT2D eigenvalue weighted by molar-refractivity contribution is -0.115. The molecule has 0 saturated carbocycles. The molecule has 116 valence electrons. The minimum absolute atomic E-state index is 0.164. The first-order valence-electron chi connectivity index (χ1n) is 6.86. The molecule has 0 bridgehead atoms. The van der Waals surface area contributed by atoms with E-state index in [2.05, 4.69) is 10.3 Å². The Balaban J connectivity index is 1.68. The summed E-state index contributed by atoms with van der Waals surface area (Å²) in [6.07, 6.45) is 0.177. The van der Waals surface area contributed by atoms with Crippen LogP contribution in [-0.4, -0.2) is 10.9 Å². The average molecular weight is 363 g/mol. The van der Waals surface area contributed by atoms with E-state index >= 15 is 0 Å². The van der Waals surface area contributed by atoms with Crippen molar-refractivity contribution in [2.24, 2.45) is 0 Å². The molecule has 0 aliphatic carbocycles. The molecule has 0 spiro atoms. The van der Waals surface area contributed by atoms with Crippen LogP contribution in [0.25, 0.3) is 11.3 Å². The topological polar surface area (TPSA) is 42.0 Å². The summed E-state index contributed by atoms with van der Waals surface area (Å²) in [7, 11) is 0. The number of hydrogen-bond acceptors (Lipinski definition) is 3. The Hall–Kier alpha value is -1.88. The zero-order valence-electron chi connectivity index (χ0n) is 11.9. The molecule has 0 radical (unpaired) electrons. The number of aromatic nitrogens is 1. The lowest BCUT2D eigenvalue weighted by atomic mass is 10.1. The molecule has 3 rings (SSSR count). The van der Waals surface area contributed by atoms with Crippen LogP contribution in [0.15, 0.2) is 53.9 Å². The van der Waals surface area contributed by atoms with Gasteiger partial charge in [0.05, 0.1) is 12.1 Å². The third-order valence-corrected chi connectivity index (χ3v) is 4.53. The molecule has 2 aromatic carbocycles. The fourth-order valence-electron chi connectivity index (χ4n) is 2.07. The van der Waals surface area contributed by atoms with Crippen LogP contribution in [0.1, 0.15) is 5.56 Å². The zero-order chi connectivity index (χ0) is 16.2. The molecule has 23 heavy (non-hydrogen) atoms. The second kappa shape index (κ2) is 7.13. The zero-order valence-corrected chi connectivity index (χ0v) is 14.3. The quantitative estimate of drug-likeness (QED) is 0.684. The standard InChI is InChI=1S/C17H12Cl2N2OS/c18-13-7-6-12(14(19)9-13)8-16(22)21-17-20-15(10-23-17)11-4-2-1-3-5-11/h1-7,9-10H,8H2,(H,20,21,22). The minimum atomic E-state index is -0.164. The Kier molecular flexibility index (Phi) is 4.96. The highest BCUT2D eigenvalue weighted by molar-refractivity contribution is 7.14. The van der Waals surface area contributed by atoms with Gasteiger partial charge in [0, 0.05) is 21.0 Å². The first-order valence-corrected chi connectivity index (χ1v) is 8.50. The molecule has 0 atom stereocenters. The monoisotopic (exact) mass is 362 g/mol. The number of hydrogen-bond donors (Lipinski definition) is 1. The number of nitrogens with one attached hydrogen (secondary N) is 1. The van der Waals surface area contributed by atoms with Gasteiger partial charge < -0.3 is 5.32 Å². The Bertz CT molecular complexity index is 834. The Morgan fingerprint density at radius 3 is 2.65 bits per heavy atom. The van der Waals surface area contributed by atoms with Gasteiger partial charge in [0.15, 0.2) is 5.13 Å². The predicted octanol–water partition coefficient (Wildman–Crippen LogP) is 5.30. The molecule has 3 aromatic rings. The lowest BCUT2D eigenvalue weighted by Gasteiger charge is -2.04. The van der Waals surface area contributed by atoms with Gasteiger partial charge in [0.25, 0.3) is 0 Å². The Labute approximate surface area is 147 Å². The van der Waals surface area contributed by atoms with Crippen molar-refractivity contribution in [2.75, 3.05) is 5.32 Å². The maximum absolute atomic E-state index is 12.1. The molecule has 0 fully saturated rings. The molecule has 1 amide bonds. The van der Waals surface area contributed by atoms with E-state index < -0.39 is 0 Å². The number of rotatable bonds is 4. The van der Waals surface area contributed by atoms with E-state index in [0.717, 1.165) is 16.8 Å². The highest BCUT2D eigenvalue weighted by atomic mass is 35.5. The summed E-state index contributed by atoms with van der Waals surface area (Å²) in [6.45, 7) is 0. The normalized spacial score (nSPS) is 10.5. The van der Waals surface area contributed by atoms with E-state index in [1.54, 1.807) is 18.2 Å². The number of amides is 1. The van der Waals surface area contributed by atoms with Gasteiger partial charge in [0.1, 0.15) is 0 Å². The molecule has 3 nitrogen and oxygen atoms in total. The van der Waals surface area contributed by atoms with Crippen molar-refractivity contribution in [3.8, 4) is 11.3 Å². The summed E-state index contributed by atoms with van der Waals surface area (Å²) < 4.78 is 0. The molecular formula is C17H12Cl2N2OS. The van der Waals surface area contributed by atoms with Crippen LogP contribution in [0.5, 0.6) is 0 Å². The van der Waals surface area contributed by atoms with Gasteiger partial charge in [-0.15, -0.1) is 11.3 Å². The van der Waals surface area contributed by atoms with E-state index in [1.807, 2.05) is 35.7 Å². The second-order valence-electron chi connectivity index (χ2n) is 4.86. The van der Waals surface area contributed by atoms with Crippen molar-refractivity contribution in [1.82, 2.24) is 4.98 Å². The highest BCUT2D eigenvalue weighted by Gasteiger charge is 2.11. The summed E-state index contributed by atoms with van der Waals surface area (Å²) in [4.78, 5) is 16.6. The Morgan fingerprint density at radius 1 is 1.13 bits per heavy atom. The van der Waals surface area contributed by atoms with Gasteiger partial charge in [-0.25, -0.2) is 4.98 Å². The molecule has 1 heterocycles. The third kappa shape index (κ3) is 4.10. The summed E-state index contributed by atoms with van der Waals surface area (Å²) >= 11 is 13.3. The molecule has 6 heteroatoms. The van der Waals surface area contributed by atoms with E-state index in [-0.39, 0.29) is 12.3 Å². The first kappa shape index (κ1) is 16.0. The highest BCUT2D eigenvalue weighted by Crippen LogP contribution is 2.25. The number of thiazole rings is 1. The van der Waals surface area contributed by atoms with Crippen LogP contribution in [0.4, 0.5) is 5.13 Å². The van der Waals surface area contributed by atoms with Gasteiger partial charge in [-0.1, -0.05) is 59.6 Å². The number of anilines is 1. The van der Waals surface area contributed by atoms with Gasteiger partial charge in [-0.05, 0) is 17.7 Å². The number of carbonyl (C=O) groups excluding carboxylic acids is 1. The maximum atomic E-state index is 12.1. The van der Waals surface area contributed by atoms with Gasteiger partial charge in [-0.2, -0.15) is 0 Å². The molecule has 0 saturated heterocycles. The van der Waals surface area contributed by atoms with E-state index in [9.17, 15) is 4.79 Å². The lowest BCUT2D eigenvalue weighted by Crippen LogP contribution is -2.14. The number of benzene rings is 2. The summed E-state index contributed by atoms with van der Waals surface area (Å²) in [5.41, 5.74) is 2.59. The summed E-state index contributed by atoms with van der Waals surface area (Å²) in [6, 6.07) is 14.9. The molecular weight excluding hydrogens is 351 g/mol. The van der Waals surface area contributed by atoms with Gasteiger partial charge >= 0.3 is 0 Å².